The molecule has 1 aromatic heterocycles. The van der Waals surface area contributed by atoms with Gasteiger partial charge in [0.15, 0.2) is 13.1 Å². The van der Waals surface area contributed by atoms with Gasteiger partial charge in [-0.25, -0.2) is 4.58 Å². The molecule has 1 heterocycles. The second kappa shape index (κ2) is 9.67. The molecule has 4 aromatic carbocycles. The Morgan fingerprint density at radius 1 is 0.735 bits per heavy atom. The summed E-state index contributed by atoms with van der Waals surface area (Å²) < 4.78 is 13.9. The highest BCUT2D eigenvalue weighted by Crippen LogP contribution is 2.26. The first kappa shape index (κ1) is 21.5. The summed E-state index contributed by atoms with van der Waals surface area (Å²) in [6.45, 7) is 1.43. The third-order valence-electron chi connectivity index (χ3n) is 5.87. The predicted molar refractivity (Wildman–Crippen MR) is 135 cm³/mol. The third-order valence-corrected chi connectivity index (χ3v) is 5.87. The average molecular weight is 449 g/mol. The summed E-state index contributed by atoms with van der Waals surface area (Å²) in [7, 11) is 1.66. The van der Waals surface area contributed by atoms with E-state index < -0.39 is 0 Å². The van der Waals surface area contributed by atoms with Gasteiger partial charge in [-0.1, -0.05) is 60.7 Å². The Balaban J connectivity index is 1.77. The van der Waals surface area contributed by atoms with Crippen LogP contribution in [0.3, 0.4) is 0 Å². The Morgan fingerprint density at radius 3 is 1.94 bits per heavy atom. The first-order valence-corrected chi connectivity index (χ1v) is 11.3. The molecule has 5 rings (SSSR count). The maximum Gasteiger partial charge on any atom is 0.215 e. The maximum atomic E-state index is 10.3. The highest BCUT2D eigenvalue weighted by atomic mass is 16.5. The van der Waals surface area contributed by atoms with Gasteiger partial charge in [-0.2, -0.15) is 0 Å². The summed E-state index contributed by atoms with van der Waals surface area (Å²) in [4.78, 5) is 0. The van der Waals surface area contributed by atoms with Crippen molar-refractivity contribution in [2.45, 2.75) is 13.1 Å². The largest absolute Gasteiger partial charge is 0.508 e. The van der Waals surface area contributed by atoms with Crippen molar-refractivity contribution < 1.29 is 14.3 Å². The maximum absolute atomic E-state index is 10.3. The van der Waals surface area contributed by atoms with Crippen molar-refractivity contribution in [2.75, 3.05) is 7.11 Å². The second-order valence-corrected chi connectivity index (χ2v) is 8.23. The fraction of sp³-hybridized carbons (Fsp3) is 0.100. The van der Waals surface area contributed by atoms with Crippen molar-refractivity contribution in [1.29, 1.82) is 0 Å². The molecule has 4 heteroatoms. The van der Waals surface area contributed by atoms with Crippen molar-refractivity contribution in [3.05, 3.63) is 126 Å². The van der Waals surface area contributed by atoms with Gasteiger partial charge < -0.3 is 14.3 Å². The van der Waals surface area contributed by atoms with E-state index >= 15 is 0 Å². The molecule has 0 bridgehead atoms. The molecule has 0 saturated heterocycles. The monoisotopic (exact) mass is 448 g/mol. The molecule has 5 aromatic rings. The van der Waals surface area contributed by atoms with Gasteiger partial charge in [0, 0.05) is 16.7 Å². The second-order valence-electron chi connectivity index (χ2n) is 8.23. The van der Waals surface area contributed by atoms with E-state index in [1.807, 2.05) is 42.5 Å². The summed E-state index contributed by atoms with van der Waals surface area (Å²) >= 11 is 0. The van der Waals surface area contributed by atoms with Crippen LogP contribution in [0.2, 0.25) is 0 Å². The van der Waals surface area contributed by atoms with E-state index in [2.05, 4.69) is 59.2 Å². The Labute approximate surface area is 198 Å². The summed E-state index contributed by atoms with van der Waals surface area (Å²) in [5.74, 6) is 1.76. The number of phenols is 1. The van der Waals surface area contributed by atoms with E-state index in [-0.39, 0.29) is 5.75 Å². The van der Waals surface area contributed by atoms with Crippen LogP contribution >= 0.6 is 0 Å². The average Bonchev–Trinajstić information content (AvgIpc) is 2.89. The molecule has 0 aliphatic rings. The molecule has 0 fully saturated rings. The SMILES string of the molecule is COc1ccc(-c2cc(=[N+](Cc3ccccc3)Cc3ccccc3)c3cc(O)ccc3o2)cc1. The molecule has 4 nitrogen and oxygen atoms in total. The zero-order valence-corrected chi connectivity index (χ0v) is 19.0. The quantitative estimate of drug-likeness (QED) is 0.325. The Hall–Kier alpha value is -4.31. The van der Waals surface area contributed by atoms with Crippen LogP contribution in [0, 0.1) is 0 Å². The number of hydrogen-bond donors (Lipinski definition) is 1. The summed E-state index contributed by atoms with van der Waals surface area (Å²) in [6, 6.07) is 36.0. The first-order chi connectivity index (χ1) is 16.7. The number of aromatic hydroxyl groups is 1. The Bertz CT molecular complexity index is 1430. The van der Waals surface area contributed by atoms with E-state index in [9.17, 15) is 5.11 Å². The number of methoxy groups -OCH3 is 1. The zero-order valence-electron chi connectivity index (χ0n) is 19.0. The molecular weight excluding hydrogens is 422 g/mol. The van der Waals surface area contributed by atoms with E-state index in [0.717, 1.165) is 27.8 Å². The number of nitrogens with zero attached hydrogens (tertiary/aromatic N) is 1. The van der Waals surface area contributed by atoms with Crippen LogP contribution < -0.4 is 14.7 Å². The zero-order chi connectivity index (χ0) is 23.3. The first-order valence-electron chi connectivity index (χ1n) is 11.3. The van der Waals surface area contributed by atoms with Gasteiger partial charge in [-0.15, -0.1) is 0 Å². The molecule has 0 aliphatic heterocycles. The molecule has 168 valence electrons. The highest BCUT2D eigenvalue weighted by Gasteiger charge is 2.16. The summed E-state index contributed by atoms with van der Waals surface area (Å²) in [6.07, 6.45) is 0. The van der Waals surface area contributed by atoms with Gasteiger partial charge in [-0.3, -0.25) is 0 Å². The van der Waals surface area contributed by atoms with Gasteiger partial charge in [0.05, 0.1) is 18.6 Å². The van der Waals surface area contributed by atoms with Crippen molar-refractivity contribution >= 4 is 11.0 Å². The molecular formula is C30H26NO3+. The molecule has 0 radical (unpaired) electrons. The molecule has 0 saturated carbocycles. The molecule has 0 spiro atoms. The van der Waals surface area contributed by atoms with Crippen LogP contribution in [-0.2, 0) is 13.1 Å². The van der Waals surface area contributed by atoms with Crippen LogP contribution in [0.1, 0.15) is 11.1 Å². The molecule has 34 heavy (non-hydrogen) atoms. The third kappa shape index (κ3) is 4.71. The van der Waals surface area contributed by atoms with E-state index in [1.165, 1.54) is 11.1 Å². The Morgan fingerprint density at radius 2 is 1.35 bits per heavy atom. The van der Waals surface area contributed by atoms with E-state index in [4.69, 9.17) is 9.15 Å². The van der Waals surface area contributed by atoms with Gasteiger partial charge in [-0.05, 0) is 42.5 Å². The normalized spacial score (nSPS) is 10.9. The molecule has 0 atom stereocenters. The number of fused-ring (bicyclic) bond motifs is 1. The van der Waals surface area contributed by atoms with Crippen LogP contribution in [0.25, 0.3) is 22.3 Å². The number of phenolic OH excluding ortho intramolecular Hbond substituents is 1. The van der Waals surface area contributed by atoms with E-state index in [0.29, 0.717) is 18.7 Å². The van der Waals surface area contributed by atoms with Crippen molar-refractivity contribution in [3.8, 4) is 22.8 Å². The van der Waals surface area contributed by atoms with E-state index in [1.54, 1.807) is 19.2 Å². The van der Waals surface area contributed by atoms with Crippen LogP contribution in [0.5, 0.6) is 11.5 Å². The van der Waals surface area contributed by atoms with Crippen molar-refractivity contribution in [3.63, 3.8) is 0 Å². The smallest absolute Gasteiger partial charge is 0.215 e. The summed E-state index contributed by atoms with van der Waals surface area (Å²) in [5.41, 5.74) is 4.08. The molecule has 1 N–H and O–H groups in total. The molecule has 0 amide bonds. The minimum absolute atomic E-state index is 0.209. The van der Waals surface area contributed by atoms with Crippen LogP contribution in [-0.4, -0.2) is 12.2 Å². The Kier molecular flexibility index (Phi) is 6.13. The minimum atomic E-state index is 0.209. The van der Waals surface area contributed by atoms with Crippen molar-refractivity contribution in [1.82, 2.24) is 4.58 Å². The standard InChI is InChI=1S/C30H25NO3/c1-33-26-15-12-24(13-16-26)30-19-28(27-18-25(32)14-17-29(27)34-30)31(20-22-8-4-2-5-9-22)21-23-10-6-3-7-11-23/h2-19H,20-21H2,1H3/p+1. The fourth-order valence-electron chi connectivity index (χ4n) is 4.15. The van der Waals surface area contributed by atoms with Gasteiger partial charge in [0.2, 0.25) is 5.36 Å². The predicted octanol–water partition coefficient (Wildman–Crippen LogP) is 5.99. The lowest BCUT2D eigenvalue weighted by Crippen LogP contribution is -2.30. The molecule has 0 unspecified atom stereocenters. The fourth-order valence-corrected chi connectivity index (χ4v) is 4.15. The minimum Gasteiger partial charge on any atom is -0.508 e. The van der Waals surface area contributed by atoms with Gasteiger partial charge in [0.25, 0.3) is 0 Å². The lowest BCUT2D eigenvalue weighted by atomic mass is 10.1. The van der Waals surface area contributed by atoms with Gasteiger partial charge >= 0.3 is 0 Å². The lowest BCUT2D eigenvalue weighted by Gasteiger charge is -2.09. The summed E-state index contributed by atoms with van der Waals surface area (Å²) in [5, 5.41) is 12.1. The number of rotatable bonds is 6. The highest BCUT2D eigenvalue weighted by molar-refractivity contribution is 5.80. The van der Waals surface area contributed by atoms with Gasteiger partial charge in [0.1, 0.15) is 22.8 Å². The number of hydrogen-bond acceptors (Lipinski definition) is 3. The van der Waals surface area contributed by atoms with Crippen LogP contribution in [0.4, 0.5) is 0 Å². The number of benzene rings is 4. The topological polar surface area (TPSA) is 45.6 Å². The molecule has 0 aliphatic carbocycles. The number of ether oxygens (including phenoxy) is 1. The lowest BCUT2D eigenvalue weighted by molar-refractivity contribution is 0.415. The van der Waals surface area contributed by atoms with Crippen molar-refractivity contribution in [2.24, 2.45) is 0 Å². The van der Waals surface area contributed by atoms with Crippen LogP contribution in [0.15, 0.2) is 114 Å².